The highest BCUT2D eigenvalue weighted by Crippen LogP contribution is 2.31. The summed E-state index contributed by atoms with van der Waals surface area (Å²) in [4.78, 5) is 15.3. The van der Waals surface area contributed by atoms with Gasteiger partial charge in [-0.2, -0.15) is 0 Å². The van der Waals surface area contributed by atoms with Crippen LogP contribution in [0.2, 0.25) is 0 Å². The normalized spacial score (nSPS) is 20.4. The monoisotopic (exact) mass is 275 g/mol. The van der Waals surface area contributed by atoms with E-state index in [1.54, 1.807) is 29.8 Å². The summed E-state index contributed by atoms with van der Waals surface area (Å²) >= 11 is 1.61. The lowest BCUT2D eigenvalue weighted by atomic mass is 10.0. The molecule has 0 unspecified atom stereocenters. The number of anilines is 2. The van der Waals surface area contributed by atoms with Gasteiger partial charge in [0.1, 0.15) is 0 Å². The van der Waals surface area contributed by atoms with Crippen molar-refractivity contribution < 1.29 is 0 Å². The molecular weight excluding hydrogens is 258 g/mol. The summed E-state index contributed by atoms with van der Waals surface area (Å²) in [7, 11) is 2.18. The second-order valence-corrected chi connectivity index (χ2v) is 5.63. The molecule has 1 aliphatic heterocycles. The zero-order valence-corrected chi connectivity index (χ0v) is 11.7. The lowest BCUT2D eigenvalue weighted by Crippen LogP contribution is -2.29. The van der Waals surface area contributed by atoms with Crippen LogP contribution in [0, 0.1) is 0 Å². The van der Waals surface area contributed by atoms with Crippen LogP contribution in [-0.2, 0) is 0 Å². The second-order valence-electron chi connectivity index (χ2n) is 4.77. The number of thiazole rings is 1. The lowest BCUT2D eigenvalue weighted by molar-refractivity contribution is 0.184. The van der Waals surface area contributed by atoms with Crippen LogP contribution in [0.15, 0.2) is 23.8 Å². The van der Waals surface area contributed by atoms with Gasteiger partial charge in [-0.1, -0.05) is 6.42 Å². The minimum absolute atomic E-state index is 0.456. The molecule has 0 amide bonds. The zero-order chi connectivity index (χ0) is 13.1. The Morgan fingerprint density at radius 2 is 2.16 bits per heavy atom. The van der Waals surface area contributed by atoms with E-state index in [2.05, 4.69) is 37.6 Å². The molecule has 6 heteroatoms. The van der Waals surface area contributed by atoms with Gasteiger partial charge in [0.25, 0.3) is 0 Å². The fraction of sp³-hybridized carbons (Fsp3) is 0.462. The maximum atomic E-state index is 4.67. The van der Waals surface area contributed by atoms with Crippen molar-refractivity contribution in [2.24, 2.45) is 0 Å². The number of nitrogens with zero attached hydrogens (tertiary/aromatic N) is 4. The second kappa shape index (κ2) is 5.63. The first kappa shape index (κ1) is 12.5. The molecule has 100 valence electrons. The summed E-state index contributed by atoms with van der Waals surface area (Å²) in [6, 6.07) is 2.26. The van der Waals surface area contributed by atoms with Gasteiger partial charge in [0.15, 0.2) is 5.13 Å². The average Bonchev–Trinajstić information content (AvgIpc) is 2.89. The largest absolute Gasteiger partial charge is 0.300 e. The molecule has 1 N–H and O–H groups in total. The molecule has 3 heterocycles. The lowest BCUT2D eigenvalue weighted by Gasteiger charge is -2.31. The number of aromatic nitrogens is 3. The first-order chi connectivity index (χ1) is 9.33. The van der Waals surface area contributed by atoms with E-state index in [4.69, 9.17) is 0 Å². The zero-order valence-electron chi connectivity index (χ0n) is 10.9. The Morgan fingerprint density at radius 3 is 2.95 bits per heavy atom. The molecule has 5 nitrogen and oxygen atoms in total. The van der Waals surface area contributed by atoms with Crippen LogP contribution < -0.4 is 5.32 Å². The van der Waals surface area contributed by atoms with Crippen molar-refractivity contribution in [1.82, 2.24) is 19.9 Å². The van der Waals surface area contributed by atoms with Crippen LogP contribution in [0.4, 0.5) is 11.1 Å². The average molecular weight is 275 g/mol. The summed E-state index contributed by atoms with van der Waals surface area (Å²) in [5.74, 6) is 0.598. The van der Waals surface area contributed by atoms with Gasteiger partial charge in [-0.15, -0.1) is 11.3 Å². The Bertz CT molecular complexity index is 527. The third kappa shape index (κ3) is 2.90. The van der Waals surface area contributed by atoms with E-state index in [0.29, 0.717) is 12.0 Å². The first-order valence-corrected chi connectivity index (χ1v) is 7.40. The van der Waals surface area contributed by atoms with Gasteiger partial charge in [-0.05, 0) is 32.5 Å². The number of rotatable bonds is 3. The van der Waals surface area contributed by atoms with Crippen LogP contribution in [0.5, 0.6) is 0 Å². The molecule has 1 aliphatic rings. The molecule has 0 spiro atoms. The molecular formula is C13H17N5S. The molecule has 0 saturated carbocycles. The van der Waals surface area contributed by atoms with Gasteiger partial charge in [0, 0.05) is 17.8 Å². The SMILES string of the molecule is CN1CCCC[C@H]1c1csc(Nc2ncccn2)n1. The smallest absolute Gasteiger partial charge is 0.228 e. The highest BCUT2D eigenvalue weighted by Gasteiger charge is 2.22. The molecule has 0 radical (unpaired) electrons. The van der Waals surface area contributed by atoms with Crippen molar-refractivity contribution in [1.29, 1.82) is 0 Å². The van der Waals surface area contributed by atoms with Gasteiger partial charge in [-0.25, -0.2) is 15.0 Å². The third-order valence-corrected chi connectivity index (χ3v) is 4.19. The van der Waals surface area contributed by atoms with Crippen LogP contribution in [0.3, 0.4) is 0 Å². The molecule has 2 aromatic rings. The Kier molecular flexibility index (Phi) is 3.70. The summed E-state index contributed by atoms with van der Waals surface area (Å²) in [5.41, 5.74) is 1.16. The van der Waals surface area contributed by atoms with E-state index in [1.165, 1.54) is 19.3 Å². The van der Waals surface area contributed by atoms with Crippen molar-refractivity contribution >= 4 is 22.4 Å². The third-order valence-electron chi connectivity index (χ3n) is 3.42. The number of hydrogen-bond acceptors (Lipinski definition) is 6. The first-order valence-electron chi connectivity index (χ1n) is 6.52. The van der Waals surface area contributed by atoms with E-state index in [-0.39, 0.29) is 0 Å². The topological polar surface area (TPSA) is 53.9 Å². The van der Waals surface area contributed by atoms with E-state index in [9.17, 15) is 0 Å². The minimum atomic E-state index is 0.456. The molecule has 1 atom stereocenters. The Balaban J connectivity index is 1.72. The van der Waals surface area contributed by atoms with E-state index >= 15 is 0 Å². The number of nitrogens with one attached hydrogen (secondary N) is 1. The maximum Gasteiger partial charge on any atom is 0.228 e. The van der Waals surface area contributed by atoms with Crippen molar-refractivity contribution in [3.63, 3.8) is 0 Å². The summed E-state index contributed by atoms with van der Waals surface area (Å²) in [6.45, 7) is 1.16. The fourth-order valence-corrected chi connectivity index (χ4v) is 3.16. The van der Waals surface area contributed by atoms with Crippen LogP contribution in [0.25, 0.3) is 0 Å². The number of piperidine rings is 1. The quantitative estimate of drug-likeness (QED) is 0.933. The van der Waals surface area contributed by atoms with Crippen molar-refractivity contribution in [2.75, 3.05) is 18.9 Å². The van der Waals surface area contributed by atoms with E-state index < -0.39 is 0 Å². The van der Waals surface area contributed by atoms with Gasteiger partial charge >= 0.3 is 0 Å². The number of hydrogen-bond donors (Lipinski definition) is 1. The highest BCUT2D eigenvalue weighted by molar-refractivity contribution is 7.13. The van der Waals surface area contributed by atoms with Gasteiger partial charge in [0.2, 0.25) is 5.95 Å². The molecule has 0 aromatic carbocycles. The molecule has 2 aromatic heterocycles. The maximum absolute atomic E-state index is 4.67. The molecule has 19 heavy (non-hydrogen) atoms. The predicted molar refractivity (Wildman–Crippen MR) is 76.7 cm³/mol. The van der Waals surface area contributed by atoms with Gasteiger partial charge in [-0.3, -0.25) is 4.90 Å². The Labute approximate surface area is 116 Å². The minimum Gasteiger partial charge on any atom is -0.300 e. The summed E-state index contributed by atoms with van der Waals surface area (Å²) < 4.78 is 0. The highest BCUT2D eigenvalue weighted by atomic mass is 32.1. The molecule has 1 saturated heterocycles. The van der Waals surface area contributed by atoms with E-state index in [0.717, 1.165) is 17.4 Å². The van der Waals surface area contributed by atoms with Crippen molar-refractivity contribution in [3.8, 4) is 0 Å². The number of likely N-dealkylation sites (tertiary alicyclic amines) is 1. The molecule has 1 fully saturated rings. The molecule has 0 bridgehead atoms. The van der Waals surface area contributed by atoms with Gasteiger partial charge in [0.05, 0.1) is 11.7 Å². The Morgan fingerprint density at radius 1 is 1.32 bits per heavy atom. The van der Waals surface area contributed by atoms with Crippen LogP contribution in [-0.4, -0.2) is 33.4 Å². The van der Waals surface area contributed by atoms with Crippen LogP contribution in [0.1, 0.15) is 31.0 Å². The van der Waals surface area contributed by atoms with Crippen LogP contribution >= 0.6 is 11.3 Å². The van der Waals surface area contributed by atoms with Gasteiger partial charge < -0.3 is 5.32 Å². The predicted octanol–water partition coefficient (Wildman–Crippen LogP) is 2.83. The van der Waals surface area contributed by atoms with E-state index in [1.807, 2.05) is 0 Å². The summed E-state index contributed by atoms with van der Waals surface area (Å²) in [6.07, 6.45) is 7.22. The Hall–Kier alpha value is -1.53. The standard InChI is InChI=1S/C13H17N5S/c1-18-8-3-2-5-11(18)10-9-19-13(16-10)17-12-14-6-4-7-15-12/h4,6-7,9,11H,2-3,5,8H2,1H3,(H,14,15,16,17)/t11-/m0/s1. The molecule has 0 aliphatic carbocycles. The van der Waals surface area contributed by atoms with Crippen molar-refractivity contribution in [2.45, 2.75) is 25.3 Å². The van der Waals surface area contributed by atoms with Crippen molar-refractivity contribution in [3.05, 3.63) is 29.5 Å². The fourth-order valence-electron chi connectivity index (χ4n) is 2.40. The summed E-state index contributed by atoms with van der Waals surface area (Å²) in [5, 5.41) is 6.14. The molecule has 3 rings (SSSR count).